The number of carbonyl (C=O) groups is 2. The van der Waals surface area contributed by atoms with Crippen LogP contribution in [0, 0.1) is 0 Å². The smallest absolute Gasteiger partial charge is 0.545 e. The van der Waals surface area contributed by atoms with Crippen LogP contribution >= 0.6 is 0 Å². The molecular formula is C22H20CuN6O6. The third kappa shape index (κ3) is 12.8. The Labute approximate surface area is 210 Å². The first-order chi connectivity index (χ1) is 16.2. The summed E-state index contributed by atoms with van der Waals surface area (Å²) in [4.78, 5) is 34.9. The van der Waals surface area contributed by atoms with Crippen molar-refractivity contribution in [3.63, 3.8) is 0 Å². The molecule has 0 amide bonds. The number of carboxylic acid groups (broad SMARTS) is 2. The van der Waals surface area contributed by atoms with E-state index >= 15 is 0 Å². The van der Waals surface area contributed by atoms with Gasteiger partial charge in [-0.05, 0) is 36.4 Å². The van der Waals surface area contributed by atoms with Crippen molar-refractivity contribution in [2.75, 3.05) is 11.5 Å². The number of para-hydroxylation sites is 2. The molecule has 4 aromatic rings. The van der Waals surface area contributed by atoms with Crippen molar-refractivity contribution in [2.45, 2.75) is 0 Å². The van der Waals surface area contributed by atoms with Gasteiger partial charge in [-0.1, -0.05) is 24.3 Å². The summed E-state index contributed by atoms with van der Waals surface area (Å²) in [7, 11) is 0. The number of anilines is 2. The predicted molar refractivity (Wildman–Crippen MR) is 118 cm³/mol. The van der Waals surface area contributed by atoms with E-state index in [0.29, 0.717) is 11.9 Å². The molecule has 13 heteroatoms. The van der Waals surface area contributed by atoms with E-state index in [9.17, 15) is 19.8 Å². The Kier molecular flexibility index (Phi) is 14.6. The molecule has 6 N–H and O–H groups in total. The standard InChI is InChI=1S/2C7H6O3.2C4H5N3.Cu/c2*8-6-4-2-1-3-5(6)7(9)10;2*5-4-6-2-1-3-7-4;/h2*1-4,8H,(H,9,10);2*1-3H,(H2,5,6,7);/q;;;;+2/p-2. The van der Waals surface area contributed by atoms with Crippen LogP contribution in [0.15, 0.2) is 85.5 Å². The molecule has 0 atom stereocenters. The zero-order chi connectivity index (χ0) is 25.3. The molecule has 185 valence electrons. The van der Waals surface area contributed by atoms with Crippen LogP contribution in [0.2, 0.25) is 0 Å². The van der Waals surface area contributed by atoms with Crippen LogP contribution in [0.4, 0.5) is 11.9 Å². The fourth-order valence-corrected chi connectivity index (χ4v) is 1.91. The Morgan fingerprint density at radius 1 is 0.600 bits per heavy atom. The topological polar surface area (TPSA) is 224 Å². The zero-order valence-electron chi connectivity index (χ0n) is 17.9. The summed E-state index contributed by atoms with van der Waals surface area (Å²) in [6.07, 6.45) is 6.40. The summed E-state index contributed by atoms with van der Waals surface area (Å²) in [5.41, 5.74) is 9.91. The summed E-state index contributed by atoms with van der Waals surface area (Å²) in [5, 5.41) is 38.0. The third-order valence-corrected chi connectivity index (χ3v) is 3.42. The number of rotatable bonds is 2. The number of hydrogen-bond acceptors (Lipinski definition) is 12. The summed E-state index contributed by atoms with van der Waals surface area (Å²) in [6, 6.07) is 14.7. The van der Waals surface area contributed by atoms with E-state index in [1.54, 1.807) is 49.1 Å². The molecule has 0 saturated heterocycles. The summed E-state index contributed by atoms with van der Waals surface area (Å²) in [6.45, 7) is 0. The molecule has 2 aromatic carbocycles. The number of nitrogens with zero attached hydrogens (tertiary/aromatic N) is 4. The van der Waals surface area contributed by atoms with E-state index < -0.39 is 11.9 Å². The second-order valence-corrected chi connectivity index (χ2v) is 5.82. The number of aromatic hydroxyl groups is 2. The van der Waals surface area contributed by atoms with Crippen LogP contribution in [0.5, 0.6) is 11.5 Å². The zero-order valence-corrected chi connectivity index (χ0v) is 18.8. The Morgan fingerprint density at radius 2 is 0.886 bits per heavy atom. The van der Waals surface area contributed by atoms with E-state index in [1.165, 1.54) is 36.4 Å². The second-order valence-electron chi connectivity index (χ2n) is 5.82. The van der Waals surface area contributed by atoms with Crippen LogP contribution in [0.3, 0.4) is 0 Å². The number of nitrogens with two attached hydrogens (primary N) is 2. The SMILES string of the molecule is Nc1ncccn1.Nc1ncccn1.O=C([O-])c1ccccc1O.O=C([O-])c1ccccc1O.[Cu+2]. The van der Waals surface area contributed by atoms with E-state index in [1.807, 2.05) is 0 Å². The van der Waals surface area contributed by atoms with Gasteiger partial charge in [0, 0.05) is 35.9 Å². The Bertz CT molecular complexity index is 1080. The van der Waals surface area contributed by atoms with Crippen molar-refractivity contribution < 1.29 is 47.1 Å². The minimum absolute atomic E-state index is 0. The van der Waals surface area contributed by atoms with Gasteiger partial charge in [-0.25, -0.2) is 19.9 Å². The van der Waals surface area contributed by atoms with Gasteiger partial charge in [0.25, 0.3) is 0 Å². The van der Waals surface area contributed by atoms with E-state index in [4.69, 9.17) is 21.7 Å². The van der Waals surface area contributed by atoms with Crippen molar-refractivity contribution in [3.05, 3.63) is 96.6 Å². The maximum absolute atomic E-state index is 10.2. The average molecular weight is 528 g/mol. The number of nitrogen functional groups attached to an aromatic ring is 2. The number of hydrogen-bond donors (Lipinski definition) is 4. The van der Waals surface area contributed by atoms with Gasteiger partial charge in [0.2, 0.25) is 11.9 Å². The quantitative estimate of drug-likeness (QED) is 0.245. The van der Waals surface area contributed by atoms with Crippen LogP contribution in [0.1, 0.15) is 20.7 Å². The van der Waals surface area contributed by atoms with E-state index in [-0.39, 0.29) is 39.7 Å². The molecular weight excluding hydrogens is 508 g/mol. The molecule has 35 heavy (non-hydrogen) atoms. The Morgan fingerprint density at radius 3 is 1.06 bits per heavy atom. The molecule has 0 fully saturated rings. The van der Waals surface area contributed by atoms with Crippen LogP contribution < -0.4 is 21.7 Å². The summed E-state index contributed by atoms with van der Waals surface area (Å²) >= 11 is 0. The Hall–Kier alpha value is -4.74. The van der Waals surface area contributed by atoms with Gasteiger partial charge in [-0.2, -0.15) is 0 Å². The molecule has 0 aliphatic carbocycles. The van der Waals surface area contributed by atoms with Crippen LogP contribution in [-0.4, -0.2) is 42.1 Å². The molecule has 0 aliphatic rings. The number of phenols is 2. The molecule has 2 aromatic heterocycles. The first-order valence-electron chi connectivity index (χ1n) is 9.26. The molecule has 1 radical (unpaired) electrons. The predicted octanol–water partition coefficient (Wildman–Crippen LogP) is -0.373. The second kappa shape index (κ2) is 16.8. The monoisotopic (exact) mass is 527 g/mol. The molecule has 0 unspecified atom stereocenters. The maximum atomic E-state index is 10.2. The number of benzene rings is 2. The van der Waals surface area contributed by atoms with Crippen LogP contribution in [0.25, 0.3) is 0 Å². The number of aromatic nitrogens is 4. The molecule has 0 saturated carbocycles. The van der Waals surface area contributed by atoms with Gasteiger partial charge in [0.05, 0.1) is 11.9 Å². The van der Waals surface area contributed by atoms with Crippen molar-refractivity contribution >= 4 is 23.8 Å². The summed E-state index contributed by atoms with van der Waals surface area (Å²) < 4.78 is 0. The van der Waals surface area contributed by atoms with Gasteiger partial charge in [-0.3, -0.25) is 0 Å². The molecule has 2 heterocycles. The van der Waals surface area contributed by atoms with Gasteiger partial charge in [-0.15, -0.1) is 0 Å². The van der Waals surface area contributed by atoms with Gasteiger partial charge in [0.1, 0.15) is 11.5 Å². The number of aromatic carboxylic acids is 2. The average Bonchev–Trinajstić information content (AvgIpc) is 2.82. The van der Waals surface area contributed by atoms with Gasteiger partial charge in [0.15, 0.2) is 0 Å². The van der Waals surface area contributed by atoms with Gasteiger partial charge < -0.3 is 41.5 Å². The first-order valence-corrected chi connectivity index (χ1v) is 9.26. The fraction of sp³-hybridized carbons (Fsp3) is 0. The minimum Gasteiger partial charge on any atom is -0.545 e. The van der Waals surface area contributed by atoms with E-state index in [0.717, 1.165) is 0 Å². The fourth-order valence-electron chi connectivity index (χ4n) is 1.91. The molecule has 0 spiro atoms. The minimum atomic E-state index is -1.36. The maximum Gasteiger partial charge on any atom is 2.00 e. The van der Waals surface area contributed by atoms with Crippen LogP contribution in [-0.2, 0) is 17.1 Å². The molecule has 4 rings (SSSR count). The van der Waals surface area contributed by atoms with Crippen molar-refractivity contribution in [1.29, 1.82) is 0 Å². The number of carbonyl (C=O) groups excluding carboxylic acids is 2. The third-order valence-electron chi connectivity index (χ3n) is 3.42. The normalized spacial score (nSPS) is 8.69. The largest absolute Gasteiger partial charge is 2.00 e. The van der Waals surface area contributed by atoms with Crippen molar-refractivity contribution in [2.24, 2.45) is 0 Å². The first kappa shape index (κ1) is 30.3. The molecule has 12 nitrogen and oxygen atoms in total. The Balaban J connectivity index is 0.000000442. The van der Waals surface area contributed by atoms with Crippen molar-refractivity contribution in [3.8, 4) is 11.5 Å². The van der Waals surface area contributed by atoms with E-state index in [2.05, 4.69) is 19.9 Å². The molecule has 0 aliphatic heterocycles. The number of carboxylic acids is 2. The van der Waals surface area contributed by atoms with Crippen molar-refractivity contribution in [1.82, 2.24) is 19.9 Å². The van der Waals surface area contributed by atoms with Gasteiger partial charge >= 0.3 is 17.1 Å². The molecule has 0 bridgehead atoms. The summed E-state index contributed by atoms with van der Waals surface area (Å²) in [5.74, 6) is -2.61.